The van der Waals surface area contributed by atoms with Gasteiger partial charge in [0.05, 0.1) is 17.2 Å². The number of hydrogen-bond donors (Lipinski definition) is 1. The first-order chi connectivity index (χ1) is 15.3. The Morgan fingerprint density at radius 1 is 0.935 bits per heavy atom. The van der Waals surface area contributed by atoms with Crippen LogP contribution in [0.15, 0.2) is 96.1 Å². The molecule has 0 saturated carbocycles. The topological polar surface area (TPSA) is 51.4 Å². The highest BCUT2D eigenvalue weighted by molar-refractivity contribution is 5.85. The van der Waals surface area contributed by atoms with Crippen LogP contribution in [-0.4, -0.2) is 15.8 Å². The number of aryl methyl sites for hydroxylation is 1. The molecule has 5 aromatic rings. The van der Waals surface area contributed by atoms with Crippen LogP contribution in [0.5, 0.6) is 5.75 Å². The van der Waals surface area contributed by atoms with Crippen LogP contribution in [0, 0.1) is 0 Å². The number of ether oxygens (including phenoxy) is 1. The van der Waals surface area contributed by atoms with Crippen LogP contribution in [0.4, 0.5) is 5.95 Å². The van der Waals surface area contributed by atoms with Crippen LogP contribution >= 0.6 is 0 Å². The van der Waals surface area contributed by atoms with Crippen molar-refractivity contribution in [3.63, 3.8) is 0 Å². The number of hydrazone groups is 1. The van der Waals surface area contributed by atoms with E-state index in [1.807, 2.05) is 60.1 Å². The van der Waals surface area contributed by atoms with E-state index in [4.69, 9.17) is 4.74 Å². The molecule has 0 aliphatic carbocycles. The maximum absolute atomic E-state index is 6.07. The number of fused-ring (bicyclic) bond motifs is 2. The number of hydrogen-bond acceptors (Lipinski definition) is 4. The second-order valence-electron chi connectivity index (χ2n) is 7.35. The molecule has 0 fully saturated rings. The third kappa shape index (κ3) is 3.98. The van der Waals surface area contributed by atoms with Crippen LogP contribution in [0.3, 0.4) is 0 Å². The number of nitrogens with one attached hydrogen (secondary N) is 1. The smallest absolute Gasteiger partial charge is 0.224 e. The van der Waals surface area contributed by atoms with Crippen LogP contribution in [0.2, 0.25) is 0 Å². The summed E-state index contributed by atoms with van der Waals surface area (Å²) in [7, 11) is 1.97. The lowest BCUT2D eigenvalue weighted by Gasteiger charge is -2.09. The SMILES string of the molecule is Cn1c(N/N=C\c2cccc(OCc3cccc4ccccc34)c2)nc2ccccc21. The fraction of sp³-hybridized carbons (Fsp3) is 0.0769. The molecule has 0 spiro atoms. The lowest BCUT2D eigenvalue weighted by atomic mass is 10.1. The molecule has 5 rings (SSSR count). The Kier molecular flexibility index (Phi) is 5.07. The third-order valence-electron chi connectivity index (χ3n) is 5.30. The standard InChI is InChI=1S/C26H22N4O/c1-30-25-15-5-4-14-24(25)28-26(30)29-27-17-19-8-6-12-22(16-19)31-18-21-11-7-10-20-9-2-3-13-23(20)21/h2-17H,18H2,1H3,(H,28,29)/b27-17-. The summed E-state index contributed by atoms with van der Waals surface area (Å²) in [4.78, 5) is 4.56. The molecule has 0 saturated heterocycles. The number of nitrogens with zero attached hydrogens (tertiary/aromatic N) is 3. The van der Waals surface area contributed by atoms with Crippen molar-refractivity contribution in [3.8, 4) is 5.75 Å². The molecule has 31 heavy (non-hydrogen) atoms. The van der Waals surface area contributed by atoms with Crippen LogP contribution in [0.25, 0.3) is 21.8 Å². The van der Waals surface area contributed by atoms with Gasteiger partial charge in [-0.25, -0.2) is 10.4 Å². The Hall–Kier alpha value is -4.12. The molecule has 5 heteroatoms. The molecule has 0 bridgehead atoms. The van der Waals surface area contributed by atoms with Crippen LogP contribution < -0.4 is 10.2 Å². The Labute approximate surface area is 180 Å². The van der Waals surface area contributed by atoms with Crippen molar-refractivity contribution in [3.05, 3.63) is 102 Å². The molecule has 0 aliphatic rings. The second-order valence-corrected chi connectivity index (χ2v) is 7.35. The van der Waals surface area contributed by atoms with E-state index in [1.54, 1.807) is 6.21 Å². The number of para-hydroxylation sites is 2. The molecular weight excluding hydrogens is 384 g/mol. The lowest BCUT2D eigenvalue weighted by molar-refractivity contribution is 0.307. The average Bonchev–Trinajstić information content (AvgIpc) is 3.13. The summed E-state index contributed by atoms with van der Waals surface area (Å²) < 4.78 is 8.05. The first-order valence-corrected chi connectivity index (χ1v) is 10.2. The average molecular weight is 406 g/mol. The fourth-order valence-electron chi connectivity index (χ4n) is 3.67. The molecule has 0 atom stereocenters. The predicted octanol–water partition coefficient (Wildman–Crippen LogP) is 5.75. The van der Waals surface area contributed by atoms with Gasteiger partial charge in [0, 0.05) is 7.05 Å². The number of imidazole rings is 1. The predicted molar refractivity (Wildman–Crippen MR) is 127 cm³/mol. The largest absolute Gasteiger partial charge is 0.489 e. The zero-order chi connectivity index (χ0) is 21.0. The van der Waals surface area contributed by atoms with E-state index in [0.717, 1.165) is 22.3 Å². The minimum absolute atomic E-state index is 0.514. The Morgan fingerprint density at radius 2 is 1.74 bits per heavy atom. The number of aromatic nitrogens is 2. The number of rotatable bonds is 6. The molecule has 0 unspecified atom stereocenters. The van der Waals surface area contributed by atoms with Crippen LogP contribution in [0.1, 0.15) is 11.1 Å². The van der Waals surface area contributed by atoms with E-state index in [1.165, 1.54) is 16.3 Å². The summed E-state index contributed by atoms with van der Waals surface area (Å²) in [6.07, 6.45) is 1.77. The van der Waals surface area contributed by atoms with Crippen molar-refractivity contribution < 1.29 is 4.74 Å². The molecule has 1 heterocycles. The first-order valence-electron chi connectivity index (χ1n) is 10.2. The van der Waals surface area contributed by atoms with Gasteiger partial charge in [-0.3, -0.25) is 0 Å². The number of anilines is 1. The monoisotopic (exact) mass is 406 g/mol. The van der Waals surface area contributed by atoms with E-state index < -0.39 is 0 Å². The molecule has 1 N–H and O–H groups in total. The Bertz CT molecular complexity index is 1380. The highest BCUT2D eigenvalue weighted by Crippen LogP contribution is 2.21. The zero-order valence-electron chi connectivity index (χ0n) is 17.2. The quantitative estimate of drug-likeness (QED) is 0.288. The van der Waals surface area contributed by atoms with Gasteiger partial charge < -0.3 is 9.30 Å². The van der Waals surface area contributed by atoms with Crippen molar-refractivity contribution in [2.45, 2.75) is 6.61 Å². The first kappa shape index (κ1) is 18.9. The summed E-state index contributed by atoms with van der Waals surface area (Å²) in [6, 6.07) is 30.5. The summed E-state index contributed by atoms with van der Waals surface area (Å²) >= 11 is 0. The van der Waals surface area contributed by atoms with Crippen molar-refractivity contribution in [1.29, 1.82) is 0 Å². The highest BCUT2D eigenvalue weighted by Gasteiger charge is 2.05. The maximum atomic E-state index is 6.07. The summed E-state index contributed by atoms with van der Waals surface area (Å²) in [6.45, 7) is 0.514. The van der Waals surface area contributed by atoms with Gasteiger partial charge in [0.2, 0.25) is 5.95 Å². The second kappa shape index (κ2) is 8.32. The summed E-state index contributed by atoms with van der Waals surface area (Å²) in [5.74, 6) is 1.50. The van der Waals surface area contributed by atoms with E-state index in [9.17, 15) is 0 Å². The van der Waals surface area contributed by atoms with Crippen molar-refractivity contribution in [1.82, 2.24) is 9.55 Å². The fourth-order valence-corrected chi connectivity index (χ4v) is 3.67. The Balaban J connectivity index is 1.28. The molecule has 1 aromatic heterocycles. The molecular formula is C26H22N4O. The third-order valence-corrected chi connectivity index (χ3v) is 5.30. The molecule has 0 aliphatic heterocycles. The van der Waals surface area contributed by atoms with E-state index >= 15 is 0 Å². The van der Waals surface area contributed by atoms with Crippen molar-refractivity contribution in [2.24, 2.45) is 12.1 Å². The maximum Gasteiger partial charge on any atom is 0.224 e. The Morgan fingerprint density at radius 3 is 2.68 bits per heavy atom. The van der Waals surface area contributed by atoms with Gasteiger partial charge in [0.1, 0.15) is 12.4 Å². The van der Waals surface area contributed by atoms with E-state index in [2.05, 4.69) is 58.0 Å². The molecule has 4 aromatic carbocycles. The number of benzene rings is 4. The highest BCUT2D eigenvalue weighted by atomic mass is 16.5. The zero-order valence-corrected chi connectivity index (χ0v) is 17.2. The van der Waals surface area contributed by atoms with E-state index in [-0.39, 0.29) is 0 Å². The lowest BCUT2D eigenvalue weighted by Crippen LogP contribution is -1.99. The van der Waals surface area contributed by atoms with Gasteiger partial charge in [0.25, 0.3) is 0 Å². The van der Waals surface area contributed by atoms with Gasteiger partial charge in [-0.2, -0.15) is 5.10 Å². The van der Waals surface area contributed by atoms with Gasteiger partial charge in [0.15, 0.2) is 0 Å². The van der Waals surface area contributed by atoms with Crippen molar-refractivity contribution in [2.75, 3.05) is 5.43 Å². The van der Waals surface area contributed by atoms with E-state index in [0.29, 0.717) is 12.6 Å². The van der Waals surface area contributed by atoms with Gasteiger partial charge in [-0.05, 0) is 46.2 Å². The van der Waals surface area contributed by atoms with Gasteiger partial charge in [-0.15, -0.1) is 0 Å². The molecule has 0 amide bonds. The normalized spacial score (nSPS) is 11.4. The minimum atomic E-state index is 0.514. The van der Waals surface area contributed by atoms with Gasteiger partial charge >= 0.3 is 0 Å². The van der Waals surface area contributed by atoms with Crippen LogP contribution in [-0.2, 0) is 13.7 Å². The molecule has 0 radical (unpaired) electrons. The molecule has 5 nitrogen and oxygen atoms in total. The van der Waals surface area contributed by atoms with Gasteiger partial charge in [-0.1, -0.05) is 66.7 Å². The summed E-state index contributed by atoms with van der Waals surface area (Å²) in [5.41, 5.74) is 7.14. The van der Waals surface area contributed by atoms with Crippen molar-refractivity contribution >= 4 is 34.0 Å². The minimum Gasteiger partial charge on any atom is -0.489 e. The summed E-state index contributed by atoms with van der Waals surface area (Å²) in [5, 5.41) is 6.79. The molecule has 152 valence electrons.